The van der Waals surface area contributed by atoms with Crippen LogP contribution in [-0.2, 0) is 31.0 Å². The van der Waals surface area contributed by atoms with Crippen LogP contribution in [-0.4, -0.2) is 11.1 Å². The van der Waals surface area contributed by atoms with Crippen molar-refractivity contribution >= 4 is 5.97 Å². The van der Waals surface area contributed by atoms with Crippen LogP contribution in [0.3, 0.4) is 0 Å². The first-order valence-corrected chi connectivity index (χ1v) is 1.93. The van der Waals surface area contributed by atoms with Gasteiger partial charge in [0, 0.05) is 33.1 Å². The van der Waals surface area contributed by atoms with Gasteiger partial charge in [-0.2, -0.15) is 0 Å². The van der Waals surface area contributed by atoms with E-state index in [0.717, 1.165) is 6.92 Å². The standard InChI is InChI=1S/C2H4O2.C2H6.Zr/c1-2(3)4;1-2;/h1H3,(H,3,4);1-2H3;. The second kappa shape index (κ2) is 16.2. The van der Waals surface area contributed by atoms with Crippen molar-refractivity contribution in [1.29, 1.82) is 0 Å². The second-order valence-corrected chi connectivity index (χ2v) is 0.519. The molecule has 0 rings (SSSR count). The summed E-state index contributed by atoms with van der Waals surface area (Å²) in [6, 6.07) is 0. The third-order valence-electron chi connectivity index (χ3n) is 0. The number of rotatable bonds is 0. The summed E-state index contributed by atoms with van der Waals surface area (Å²) in [4.78, 5) is 9.00. The SMILES string of the molecule is CC.CC(=O)O.[Zr]. The number of aliphatic carboxylic acids is 1. The summed E-state index contributed by atoms with van der Waals surface area (Å²) in [5.41, 5.74) is 0. The van der Waals surface area contributed by atoms with Crippen LogP contribution in [0.5, 0.6) is 0 Å². The van der Waals surface area contributed by atoms with Crippen molar-refractivity contribution in [2.45, 2.75) is 20.8 Å². The van der Waals surface area contributed by atoms with Gasteiger partial charge in [-0.05, 0) is 0 Å². The molecule has 0 saturated heterocycles. The minimum absolute atomic E-state index is 0. The molecule has 0 aromatic heterocycles. The summed E-state index contributed by atoms with van der Waals surface area (Å²) in [5, 5.41) is 7.42. The fourth-order valence-corrected chi connectivity index (χ4v) is 0. The van der Waals surface area contributed by atoms with Crippen molar-refractivity contribution in [3.63, 3.8) is 0 Å². The molecule has 0 radical (unpaired) electrons. The molecular weight excluding hydrogens is 171 g/mol. The molecular formula is C4H10O2Zr. The van der Waals surface area contributed by atoms with E-state index in [2.05, 4.69) is 0 Å². The maximum Gasteiger partial charge on any atom is 0.300 e. The van der Waals surface area contributed by atoms with Gasteiger partial charge in [0.15, 0.2) is 0 Å². The van der Waals surface area contributed by atoms with Crippen molar-refractivity contribution in [1.82, 2.24) is 0 Å². The van der Waals surface area contributed by atoms with E-state index in [9.17, 15) is 0 Å². The van der Waals surface area contributed by atoms with Gasteiger partial charge in [-0.15, -0.1) is 0 Å². The third-order valence-corrected chi connectivity index (χ3v) is 0. The van der Waals surface area contributed by atoms with Crippen LogP contribution in [0.15, 0.2) is 0 Å². The van der Waals surface area contributed by atoms with E-state index in [-0.39, 0.29) is 26.2 Å². The summed E-state index contributed by atoms with van der Waals surface area (Å²) >= 11 is 0. The van der Waals surface area contributed by atoms with Crippen molar-refractivity contribution in [3.05, 3.63) is 0 Å². The minimum Gasteiger partial charge on any atom is -0.481 e. The molecule has 0 spiro atoms. The van der Waals surface area contributed by atoms with E-state index >= 15 is 0 Å². The van der Waals surface area contributed by atoms with Crippen LogP contribution in [0.2, 0.25) is 0 Å². The molecule has 0 aliphatic carbocycles. The molecule has 0 aromatic rings. The number of carboxylic acid groups (broad SMARTS) is 1. The van der Waals surface area contributed by atoms with Gasteiger partial charge >= 0.3 is 0 Å². The van der Waals surface area contributed by atoms with Crippen LogP contribution >= 0.6 is 0 Å². The largest absolute Gasteiger partial charge is 0.481 e. The summed E-state index contributed by atoms with van der Waals surface area (Å²) in [7, 11) is 0. The molecule has 7 heavy (non-hydrogen) atoms. The predicted octanol–water partition coefficient (Wildman–Crippen LogP) is 1.11. The van der Waals surface area contributed by atoms with E-state index in [1.807, 2.05) is 13.8 Å². The Labute approximate surface area is 63.0 Å². The monoisotopic (exact) mass is 180 g/mol. The fraction of sp³-hybridized carbons (Fsp3) is 0.750. The average molecular weight is 181 g/mol. The van der Waals surface area contributed by atoms with Crippen molar-refractivity contribution < 1.29 is 36.1 Å². The van der Waals surface area contributed by atoms with Crippen molar-refractivity contribution in [2.75, 3.05) is 0 Å². The van der Waals surface area contributed by atoms with Crippen LogP contribution < -0.4 is 0 Å². The Balaban J connectivity index is -0.0000000480. The van der Waals surface area contributed by atoms with Gasteiger partial charge in [0.1, 0.15) is 0 Å². The number of carbonyl (C=O) groups is 1. The molecule has 3 heteroatoms. The Kier molecular flexibility index (Phi) is 36.2. The first kappa shape index (κ1) is 15.7. The summed E-state index contributed by atoms with van der Waals surface area (Å²) < 4.78 is 0. The Morgan fingerprint density at radius 2 is 1.43 bits per heavy atom. The fourth-order valence-electron chi connectivity index (χ4n) is 0. The van der Waals surface area contributed by atoms with Gasteiger partial charge in [-0.3, -0.25) is 4.79 Å². The van der Waals surface area contributed by atoms with Crippen LogP contribution in [0.1, 0.15) is 20.8 Å². The summed E-state index contributed by atoms with van der Waals surface area (Å²) in [5.74, 6) is -0.833. The smallest absolute Gasteiger partial charge is 0.300 e. The van der Waals surface area contributed by atoms with Crippen molar-refractivity contribution in [2.24, 2.45) is 0 Å². The van der Waals surface area contributed by atoms with Gasteiger partial charge in [-0.1, -0.05) is 13.8 Å². The van der Waals surface area contributed by atoms with E-state index in [1.165, 1.54) is 0 Å². The van der Waals surface area contributed by atoms with E-state index < -0.39 is 5.97 Å². The van der Waals surface area contributed by atoms with Crippen LogP contribution in [0, 0.1) is 0 Å². The Morgan fingerprint density at radius 1 is 1.43 bits per heavy atom. The summed E-state index contributed by atoms with van der Waals surface area (Å²) in [6.07, 6.45) is 0. The van der Waals surface area contributed by atoms with Gasteiger partial charge in [0.25, 0.3) is 5.97 Å². The summed E-state index contributed by atoms with van der Waals surface area (Å²) in [6.45, 7) is 5.08. The molecule has 0 unspecified atom stereocenters. The van der Waals surface area contributed by atoms with Gasteiger partial charge in [0.05, 0.1) is 0 Å². The van der Waals surface area contributed by atoms with Gasteiger partial charge in [0.2, 0.25) is 0 Å². The molecule has 1 N–H and O–H groups in total. The van der Waals surface area contributed by atoms with Crippen LogP contribution in [0.4, 0.5) is 0 Å². The molecule has 0 fully saturated rings. The van der Waals surface area contributed by atoms with Crippen LogP contribution in [0.25, 0.3) is 0 Å². The Bertz CT molecular complexity index is 32.7. The average Bonchev–Trinajstić information content (AvgIpc) is 1.41. The zero-order valence-corrected chi connectivity index (χ0v) is 7.31. The second-order valence-electron chi connectivity index (χ2n) is 0.519. The third kappa shape index (κ3) is 965. The molecule has 0 aliphatic heterocycles. The van der Waals surface area contributed by atoms with E-state index in [1.54, 1.807) is 0 Å². The van der Waals surface area contributed by atoms with Crippen molar-refractivity contribution in [3.8, 4) is 0 Å². The van der Waals surface area contributed by atoms with Gasteiger partial charge < -0.3 is 5.11 Å². The topological polar surface area (TPSA) is 37.3 Å². The Hall–Kier alpha value is 0.353. The molecule has 0 amide bonds. The molecule has 0 bridgehead atoms. The van der Waals surface area contributed by atoms with E-state index in [0.29, 0.717) is 0 Å². The maximum atomic E-state index is 9.00. The molecule has 0 aromatic carbocycles. The molecule has 0 saturated carbocycles. The first-order chi connectivity index (χ1) is 2.73. The minimum atomic E-state index is -0.833. The molecule has 2 nitrogen and oxygen atoms in total. The Morgan fingerprint density at radius 3 is 1.43 bits per heavy atom. The molecule has 0 heterocycles. The molecule has 42 valence electrons. The molecule has 0 aliphatic rings. The maximum absolute atomic E-state index is 9.00. The van der Waals surface area contributed by atoms with E-state index in [4.69, 9.17) is 9.90 Å². The predicted molar refractivity (Wildman–Crippen MR) is 24.7 cm³/mol. The zero-order chi connectivity index (χ0) is 5.58. The molecule has 0 atom stereocenters. The normalized spacial score (nSPS) is 4.43. The number of hydrogen-bond acceptors (Lipinski definition) is 1. The zero-order valence-electron chi connectivity index (χ0n) is 4.86. The van der Waals surface area contributed by atoms with Gasteiger partial charge in [-0.25, -0.2) is 0 Å². The number of hydrogen-bond donors (Lipinski definition) is 1. The first-order valence-electron chi connectivity index (χ1n) is 1.93. The number of carboxylic acids is 1. The quantitative estimate of drug-likeness (QED) is 0.608.